The number of primary amides is 1. The van der Waals surface area contributed by atoms with E-state index in [2.05, 4.69) is 48.2 Å². The third-order valence-corrected chi connectivity index (χ3v) is 4.60. The molecule has 0 saturated heterocycles. The number of carbonyl (C=O) groups is 1. The van der Waals surface area contributed by atoms with Crippen LogP contribution in [0.15, 0.2) is 29.3 Å². The standard InChI is InChI=1S/C21H36FN5O/c1-6-24-21(25-11-12-27(15(2)3)16(4)5)26-14-18(20(23)28)13-17-7-9-19(22)10-8-17/h7-10,15-16,18H,6,11-14H2,1-5H3,(H2,23,28)(H2,24,25,26). The monoisotopic (exact) mass is 393 g/mol. The van der Waals surface area contributed by atoms with Gasteiger partial charge in [-0.2, -0.15) is 0 Å². The van der Waals surface area contributed by atoms with Crippen molar-refractivity contribution in [2.24, 2.45) is 16.6 Å². The van der Waals surface area contributed by atoms with Crippen LogP contribution in [0.2, 0.25) is 0 Å². The summed E-state index contributed by atoms with van der Waals surface area (Å²) < 4.78 is 13.1. The lowest BCUT2D eigenvalue weighted by molar-refractivity contribution is -0.121. The van der Waals surface area contributed by atoms with E-state index in [1.807, 2.05) is 6.92 Å². The molecule has 0 saturated carbocycles. The Kier molecular flexibility index (Phi) is 10.5. The van der Waals surface area contributed by atoms with E-state index in [-0.39, 0.29) is 12.4 Å². The van der Waals surface area contributed by atoms with Crippen molar-refractivity contribution in [2.45, 2.75) is 53.1 Å². The van der Waals surface area contributed by atoms with Crippen molar-refractivity contribution in [1.82, 2.24) is 15.5 Å². The molecule has 1 atom stereocenters. The lowest BCUT2D eigenvalue weighted by Gasteiger charge is -2.30. The number of nitrogens with zero attached hydrogens (tertiary/aromatic N) is 2. The number of rotatable bonds is 11. The normalized spacial score (nSPS) is 13.2. The summed E-state index contributed by atoms with van der Waals surface area (Å²) in [6, 6.07) is 7.05. The number of hydrogen-bond acceptors (Lipinski definition) is 3. The van der Waals surface area contributed by atoms with Crippen LogP contribution in [0.25, 0.3) is 0 Å². The summed E-state index contributed by atoms with van der Waals surface area (Å²) in [7, 11) is 0. The number of nitrogens with two attached hydrogens (primary N) is 1. The maximum absolute atomic E-state index is 13.1. The second-order valence-corrected chi connectivity index (χ2v) is 7.50. The zero-order valence-corrected chi connectivity index (χ0v) is 17.8. The van der Waals surface area contributed by atoms with Crippen molar-refractivity contribution >= 4 is 11.9 Å². The Morgan fingerprint density at radius 1 is 1.14 bits per heavy atom. The van der Waals surface area contributed by atoms with E-state index in [0.717, 1.165) is 25.2 Å². The highest BCUT2D eigenvalue weighted by atomic mass is 19.1. The van der Waals surface area contributed by atoms with E-state index in [1.54, 1.807) is 12.1 Å². The molecule has 7 heteroatoms. The summed E-state index contributed by atoms with van der Waals surface area (Å²) in [6.45, 7) is 13.4. The third-order valence-electron chi connectivity index (χ3n) is 4.60. The zero-order chi connectivity index (χ0) is 21.1. The van der Waals surface area contributed by atoms with Gasteiger partial charge in [0.05, 0.1) is 12.5 Å². The van der Waals surface area contributed by atoms with Crippen molar-refractivity contribution < 1.29 is 9.18 Å². The Bertz CT molecular complexity index is 608. The van der Waals surface area contributed by atoms with E-state index < -0.39 is 11.8 Å². The fourth-order valence-electron chi connectivity index (χ4n) is 3.12. The Balaban J connectivity index is 2.68. The first-order valence-corrected chi connectivity index (χ1v) is 10.1. The van der Waals surface area contributed by atoms with Crippen LogP contribution in [-0.2, 0) is 11.2 Å². The molecule has 1 amide bonds. The molecule has 6 nitrogen and oxygen atoms in total. The summed E-state index contributed by atoms with van der Waals surface area (Å²) in [4.78, 5) is 18.8. The molecule has 28 heavy (non-hydrogen) atoms. The molecular weight excluding hydrogens is 357 g/mol. The molecule has 0 fully saturated rings. The van der Waals surface area contributed by atoms with Crippen molar-refractivity contribution in [1.29, 1.82) is 0 Å². The van der Waals surface area contributed by atoms with Gasteiger partial charge in [-0.3, -0.25) is 14.7 Å². The smallest absolute Gasteiger partial charge is 0.222 e. The van der Waals surface area contributed by atoms with E-state index in [0.29, 0.717) is 24.5 Å². The van der Waals surface area contributed by atoms with Crippen molar-refractivity contribution in [3.05, 3.63) is 35.6 Å². The van der Waals surface area contributed by atoms with Crippen molar-refractivity contribution in [3.8, 4) is 0 Å². The molecule has 4 N–H and O–H groups in total. The predicted molar refractivity (Wildman–Crippen MR) is 114 cm³/mol. The Labute approximate surface area is 168 Å². The van der Waals surface area contributed by atoms with E-state index in [9.17, 15) is 9.18 Å². The van der Waals surface area contributed by atoms with Crippen molar-refractivity contribution in [3.63, 3.8) is 0 Å². The molecule has 1 aromatic rings. The fourth-order valence-corrected chi connectivity index (χ4v) is 3.12. The van der Waals surface area contributed by atoms with E-state index in [4.69, 9.17) is 5.73 Å². The van der Waals surface area contributed by atoms with Gasteiger partial charge in [0.2, 0.25) is 5.91 Å². The first-order chi connectivity index (χ1) is 13.2. The van der Waals surface area contributed by atoms with Gasteiger partial charge in [-0.25, -0.2) is 4.39 Å². The highest BCUT2D eigenvalue weighted by Crippen LogP contribution is 2.10. The van der Waals surface area contributed by atoms with Gasteiger partial charge in [-0.15, -0.1) is 0 Å². The highest BCUT2D eigenvalue weighted by molar-refractivity contribution is 5.81. The predicted octanol–water partition coefficient (Wildman–Crippen LogP) is 2.14. The second kappa shape index (κ2) is 12.3. The fraction of sp³-hybridized carbons (Fsp3) is 0.619. The molecule has 0 aromatic heterocycles. The van der Waals surface area contributed by atoms with Gasteiger partial charge in [0, 0.05) is 31.7 Å². The molecule has 0 radical (unpaired) electrons. The van der Waals surface area contributed by atoms with Crippen LogP contribution in [0.4, 0.5) is 4.39 Å². The van der Waals surface area contributed by atoms with Crippen LogP contribution in [0.3, 0.4) is 0 Å². The quantitative estimate of drug-likeness (QED) is 0.397. The molecule has 0 heterocycles. The summed E-state index contributed by atoms with van der Waals surface area (Å²) in [6.07, 6.45) is 0.437. The van der Waals surface area contributed by atoms with Crippen LogP contribution in [-0.4, -0.2) is 55.0 Å². The first kappa shape index (κ1) is 23.9. The maximum atomic E-state index is 13.1. The van der Waals surface area contributed by atoms with Crippen LogP contribution in [0.5, 0.6) is 0 Å². The molecule has 1 aromatic carbocycles. The summed E-state index contributed by atoms with van der Waals surface area (Å²) >= 11 is 0. The Morgan fingerprint density at radius 2 is 1.75 bits per heavy atom. The average molecular weight is 394 g/mol. The summed E-state index contributed by atoms with van der Waals surface area (Å²) in [5, 5.41) is 6.52. The molecule has 0 bridgehead atoms. The van der Waals surface area contributed by atoms with E-state index >= 15 is 0 Å². The molecule has 0 aliphatic rings. The summed E-state index contributed by atoms with van der Waals surface area (Å²) in [5.74, 6) is -0.480. The van der Waals surface area contributed by atoms with Gasteiger partial charge < -0.3 is 16.4 Å². The van der Waals surface area contributed by atoms with Gasteiger partial charge in [0.15, 0.2) is 5.96 Å². The van der Waals surface area contributed by atoms with Crippen LogP contribution in [0.1, 0.15) is 40.2 Å². The first-order valence-electron chi connectivity index (χ1n) is 10.1. The molecule has 0 aliphatic carbocycles. The summed E-state index contributed by atoms with van der Waals surface area (Å²) in [5.41, 5.74) is 6.42. The Morgan fingerprint density at radius 3 is 2.25 bits per heavy atom. The number of amides is 1. The largest absolute Gasteiger partial charge is 0.369 e. The number of aliphatic imine (C=N–C) groups is 1. The third kappa shape index (κ3) is 8.69. The van der Waals surface area contributed by atoms with Gasteiger partial charge in [0.25, 0.3) is 0 Å². The van der Waals surface area contributed by atoms with Gasteiger partial charge in [-0.1, -0.05) is 12.1 Å². The minimum atomic E-state index is -0.441. The number of nitrogens with one attached hydrogen (secondary N) is 2. The lowest BCUT2D eigenvalue weighted by Crippen LogP contribution is -2.45. The second-order valence-electron chi connectivity index (χ2n) is 7.50. The van der Waals surface area contributed by atoms with Gasteiger partial charge in [0.1, 0.15) is 5.82 Å². The minimum Gasteiger partial charge on any atom is -0.369 e. The molecule has 1 unspecified atom stereocenters. The number of halogens is 1. The topological polar surface area (TPSA) is 82.7 Å². The highest BCUT2D eigenvalue weighted by Gasteiger charge is 2.17. The SMILES string of the molecule is CCNC(=NCC(Cc1ccc(F)cc1)C(N)=O)NCCN(C(C)C)C(C)C. The molecule has 158 valence electrons. The van der Waals surface area contributed by atoms with Gasteiger partial charge in [-0.05, 0) is 58.7 Å². The average Bonchev–Trinajstić information content (AvgIpc) is 2.62. The molecule has 0 spiro atoms. The number of carbonyl (C=O) groups excluding carboxylic acids is 1. The minimum absolute atomic E-state index is 0.278. The van der Waals surface area contributed by atoms with Crippen molar-refractivity contribution in [2.75, 3.05) is 26.2 Å². The van der Waals surface area contributed by atoms with Gasteiger partial charge >= 0.3 is 0 Å². The van der Waals surface area contributed by atoms with Crippen LogP contribution in [0, 0.1) is 11.7 Å². The Hall–Kier alpha value is -2.15. The molecule has 1 rings (SSSR count). The number of guanidine groups is 1. The number of benzene rings is 1. The van der Waals surface area contributed by atoms with E-state index in [1.165, 1.54) is 12.1 Å². The lowest BCUT2D eigenvalue weighted by atomic mass is 9.99. The zero-order valence-electron chi connectivity index (χ0n) is 17.8. The molecule has 0 aliphatic heterocycles. The van der Waals surface area contributed by atoms with Crippen LogP contribution >= 0.6 is 0 Å². The molecular formula is C21H36FN5O. The van der Waals surface area contributed by atoms with Crippen LogP contribution < -0.4 is 16.4 Å². The number of hydrogen-bond donors (Lipinski definition) is 3. The maximum Gasteiger partial charge on any atom is 0.222 e.